The van der Waals surface area contributed by atoms with Gasteiger partial charge < -0.3 is 15.2 Å². The van der Waals surface area contributed by atoms with Crippen LogP contribution in [-0.2, 0) is 19.1 Å². The Bertz CT molecular complexity index is 737. The van der Waals surface area contributed by atoms with Crippen molar-refractivity contribution in [2.24, 2.45) is 0 Å². The molecule has 0 amide bonds. The van der Waals surface area contributed by atoms with E-state index in [1.54, 1.807) is 13.8 Å². The fraction of sp³-hybridized carbons (Fsp3) is 0.308. The average molecular weight is 305 g/mol. The molecule has 0 saturated carbocycles. The van der Waals surface area contributed by atoms with Crippen molar-refractivity contribution in [3.63, 3.8) is 0 Å². The van der Waals surface area contributed by atoms with Crippen LogP contribution in [0, 0.1) is 0 Å². The Morgan fingerprint density at radius 2 is 1.95 bits per heavy atom. The summed E-state index contributed by atoms with van der Waals surface area (Å²) in [5.41, 5.74) is 6.24. The zero-order chi connectivity index (χ0) is 16.1. The molecule has 0 unspecified atom stereocenters. The first-order valence-corrected chi connectivity index (χ1v) is 6.57. The van der Waals surface area contributed by atoms with Gasteiger partial charge in [-0.15, -0.1) is 0 Å². The number of hydrogen-bond acceptors (Lipinski definition) is 8. The van der Waals surface area contributed by atoms with Crippen molar-refractivity contribution in [1.29, 1.82) is 0 Å². The molecular formula is C13H15N5O4. The Hall–Kier alpha value is -2.97. The smallest absolute Gasteiger partial charge is 0.355 e. The zero-order valence-electron chi connectivity index (χ0n) is 12.1. The van der Waals surface area contributed by atoms with E-state index in [-0.39, 0.29) is 30.4 Å². The Morgan fingerprint density at radius 1 is 1.23 bits per heavy atom. The predicted molar refractivity (Wildman–Crippen MR) is 77.3 cm³/mol. The molecule has 0 radical (unpaired) electrons. The minimum atomic E-state index is -0.702. The molecule has 0 atom stereocenters. The fourth-order valence-corrected chi connectivity index (χ4v) is 1.76. The van der Waals surface area contributed by atoms with Crippen LogP contribution < -0.4 is 5.73 Å². The number of nitrogens with zero attached hydrogens (tertiary/aromatic N) is 4. The Balaban J connectivity index is 2.54. The Morgan fingerprint density at radius 3 is 2.64 bits per heavy atom. The summed E-state index contributed by atoms with van der Waals surface area (Å²) in [5.74, 6) is -1.20. The van der Waals surface area contributed by atoms with E-state index in [4.69, 9.17) is 15.2 Å². The summed E-state index contributed by atoms with van der Waals surface area (Å²) in [6.45, 7) is 3.66. The second-order valence-electron chi connectivity index (χ2n) is 4.05. The van der Waals surface area contributed by atoms with Crippen molar-refractivity contribution < 1.29 is 19.1 Å². The van der Waals surface area contributed by atoms with Crippen molar-refractivity contribution in [2.45, 2.75) is 13.8 Å². The maximum atomic E-state index is 12.1. The van der Waals surface area contributed by atoms with Crippen LogP contribution in [0.3, 0.4) is 0 Å². The van der Waals surface area contributed by atoms with Crippen molar-refractivity contribution in [1.82, 2.24) is 19.5 Å². The molecule has 2 aromatic rings. The van der Waals surface area contributed by atoms with Crippen molar-refractivity contribution in [2.75, 3.05) is 18.9 Å². The van der Waals surface area contributed by atoms with E-state index in [1.165, 1.54) is 17.2 Å². The van der Waals surface area contributed by atoms with Gasteiger partial charge in [0.05, 0.1) is 19.3 Å². The maximum Gasteiger partial charge on any atom is 0.355 e. The number of hydrogen-bond donors (Lipinski definition) is 1. The minimum Gasteiger partial charge on any atom is -0.463 e. The highest BCUT2D eigenvalue weighted by atomic mass is 16.5. The first kappa shape index (κ1) is 15.4. The number of anilines is 1. The van der Waals surface area contributed by atoms with Gasteiger partial charge in [-0.3, -0.25) is 4.57 Å². The van der Waals surface area contributed by atoms with E-state index in [0.717, 1.165) is 6.08 Å². The quantitative estimate of drug-likeness (QED) is 0.621. The second kappa shape index (κ2) is 6.66. The maximum absolute atomic E-state index is 12.1. The van der Waals surface area contributed by atoms with E-state index in [9.17, 15) is 9.59 Å². The largest absolute Gasteiger partial charge is 0.463 e. The molecule has 116 valence electrons. The number of fused-ring (bicyclic) bond motifs is 1. The van der Waals surface area contributed by atoms with E-state index < -0.39 is 11.9 Å². The summed E-state index contributed by atoms with van der Waals surface area (Å²) in [4.78, 5) is 35.6. The monoisotopic (exact) mass is 305 g/mol. The lowest BCUT2D eigenvalue weighted by Crippen LogP contribution is -2.15. The predicted octanol–water partition coefficient (Wildman–Crippen LogP) is 0.376. The normalized spacial score (nSPS) is 11.5. The van der Waals surface area contributed by atoms with E-state index >= 15 is 0 Å². The number of imidazole rings is 1. The number of ether oxygens (including phenoxy) is 2. The third-order valence-corrected chi connectivity index (χ3v) is 2.65. The molecule has 0 bridgehead atoms. The lowest BCUT2D eigenvalue weighted by molar-refractivity contribution is -0.139. The molecular weight excluding hydrogens is 290 g/mol. The number of carbonyl (C=O) groups excluding carboxylic acids is 2. The van der Waals surface area contributed by atoms with Crippen LogP contribution in [0.2, 0.25) is 0 Å². The van der Waals surface area contributed by atoms with Crippen LogP contribution in [0.1, 0.15) is 13.8 Å². The van der Waals surface area contributed by atoms with Gasteiger partial charge in [0.2, 0.25) is 0 Å². The molecule has 22 heavy (non-hydrogen) atoms. The molecule has 2 N–H and O–H groups in total. The van der Waals surface area contributed by atoms with Gasteiger partial charge in [-0.05, 0) is 13.8 Å². The second-order valence-corrected chi connectivity index (χ2v) is 4.05. The van der Waals surface area contributed by atoms with Crippen LogP contribution in [-0.4, -0.2) is 44.7 Å². The fourth-order valence-electron chi connectivity index (χ4n) is 1.76. The summed E-state index contributed by atoms with van der Waals surface area (Å²) in [7, 11) is 0. The number of esters is 2. The molecule has 0 fully saturated rings. The summed E-state index contributed by atoms with van der Waals surface area (Å²) >= 11 is 0. The minimum absolute atomic E-state index is 0.0686. The van der Waals surface area contributed by atoms with Crippen LogP contribution >= 0.6 is 0 Å². The topological polar surface area (TPSA) is 122 Å². The Labute approximate surface area is 125 Å². The van der Waals surface area contributed by atoms with Gasteiger partial charge in [0, 0.05) is 0 Å². The highest BCUT2D eigenvalue weighted by Gasteiger charge is 2.19. The first-order valence-electron chi connectivity index (χ1n) is 6.57. The van der Waals surface area contributed by atoms with E-state index in [1.807, 2.05) is 0 Å². The van der Waals surface area contributed by atoms with Crippen LogP contribution in [0.15, 0.2) is 18.7 Å². The van der Waals surface area contributed by atoms with Crippen molar-refractivity contribution >= 4 is 34.6 Å². The van der Waals surface area contributed by atoms with Gasteiger partial charge in [-0.2, -0.15) is 0 Å². The molecule has 0 aliphatic heterocycles. The average Bonchev–Trinajstić information content (AvgIpc) is 2.90. The molecule has 9 heteroatoms. The lowest BCUT2D eigenvalue weighted by Gasteiger charge is -2.08. The molecule has 2 heterocycles. The zero-order valence-corrected chi connectivity index (χ0v) is 12.1. The van der Waals surface area contributed by atoms with E-state index in [0.29, 0.717) is 5.52 Å². The van der Waals surface area contributed by atoms with Gasteiger partial charge in [0.25, 0.3) is 0 Å². The number of rotatable bonds is 5. The molecule has 0 aromatic carbocycles. The number of nitrogens with two attached hydrogens (primary N) is 1. The number of aromatic nitrogens is 4. The first-order chi connectivity index (χ1) is 10.6. The van der Waals surface area contributed by atoms with Crippen LogP contribution in [0.25, 0.3) is 16.9 Å². The number of carbonyl (C=O) groups is 2. The summed E-state index contributed by atoms with van der Waals surface area (Å²) < 4.78 is 11.1. The summed E-state index contributed by atoms with van der Waals surface area (Å²) in [5, 5.41) is 0. The SMILES string of the molecule is CCOC(=O)/C=C(/C(=O)OCC)n1cnc2c(N)ncnc21. The lowest BCUT2D eigenvalue weighted by atomic mass is 10.3. The summed E-state index contributed by atoms with van der Waals surface area (Å²) in [6, 6.07) is 0. The van der Waals surface area contributed by atoms with Gasteiger partial charge in [0.1, 0.15) is 18.4 Å². The molecule has 2 rings (SSSR count). The van der Waals surface area contributed by atoms with Crippen molar-refractivity contribution in [3.05, 3.63) is 18.7 Å². The van der Waals surface area contributed by atoms with Crippen LogP contribution in [0.5, 0.6) is 0 Å². The van der Waals surface area contributed by atoms with Gasteiger partial charge >= 0.3 is 11.9 Å². The third kappa shape index (κ3) is 3.03. The Kier molecular flexibility index (Phi) is 4.66. The highest BCUT2D eigenvalue weighted by molar-refractivity contribution is 6.16. The van der Waals surface area contributed by atoms with Gasteiger partial charge in [-0.1, -0.05) is 0 Å². The van der Waals surface area contributed by atoms with Gasteiger partial charge in [0.15, 0.2) is 17.0 Å². The highest BCUT2D eigenvalue weighted by Crippen LogP contribution is 2.19. The van der Waals surface area contributed by atoms with Crippen LogP contribution in [0.4, 0.5) is 5.82 Å². The molecule has 9 nitrogen and oxygen atoms in total. The summed E-state index contributed by atoms with van der Waals surface area (Å²) in [6.07, 6.45) is 3.58. The molecule has 2 aromatic heterocycles. The third-order valence-electron chi connectivity index (χ3n) is 2.65. The number of nitrogen functional groups attached to an aromatic ring is 1. The van der Waals surface area contributed by atoms with E-state index in [2.05, 4.69) is 15.0 Å². The van der Waals surface area contributed by atoms with Crippen molar-refractivity contribution in [3.8, 4) is 0 Å². The molecule has 0 aliphatic rings. The standard InChI is InChI=1S/C13H15N5O4/c1-3-21-9(19)5-8(13(20)22-4-2)18-7-17-10-11(14)15-6-16-12(10)18/h5-7H,3-4H2,1-2H3,(H2,14,15,16)/b8-5-. The molecule has 0 aliphatic carbocycles. The van der Waals surface area contributed by atoms with Gasteiger partial charge in [-0.25, -0.2) is 24.5 Å². The molecule has 0 spiro atoms. The molecule has 0 saturated heterocycles.